The number of ether oxygens (including phenoxy) is 1. The van der Waals surface area contributed by atoms with Gasteiger partial charge in [-0.25, -0.2) is 0 Å². The van der Waals surface area contributed by atoms with Crippen molar-refractivity contribution in [3.8, 4) is 5.75 Å². The Morgan fingerprint density at radius 3 is 2.75 bits per heavy atom. The second-order valence-corrected chi connectivity index (χ2v) is 3.52. The van der Waals surface area contributed by atoms with Gasteiger partial charge in [-0.3, -0.25) is 9.59 Å². The predicted molar refractivity (Wildman–Crippen MR) is 57.7 cm³/mol. The summed E-state index contributed by atoms with van der Waals surface area (Å²) >= 11 is 5.36. The van der Waals surface area contributed by atoms with Crippen LogP contribution in [0.1, 0.15) is 17.3 Å². The van der Waals surface area contributed by atoms with Crippen LogP contribution in [0.3, 0.4) is 0 Å². The van der Waals surface area contributed by atoms with Crippen LogP contribution < -0.4 is 4.74 Å². The monoisotopic (exact) mass is 238 g/mol. The third kappa shape index (κ3) is 1.92. The zero-order valence-electron chi connectivity index (χ0n) is 8.32. The molecular weight excluding hydrogens is 232 g/mol. The van der Waals surface area contributed by atoms with E-state index in [0.717, 1.165) is 0 Å². The van der Waals surface area contributed by atoms with Crippen LogP contribution in [-0.4, -0.2) is 11.2 Å². The Hall–Kier alpha value is -1.81. The van der Waals surface area contributed by atoms with Crippen molar-refractivity contribution >= 4 is 33.8 Å². The molecule has 4 nitrogen and oxygen atoms in total. The van der Waals surface area contributed by atoms with Crippen LogP contribution in [-0.2, 0) is 4.79 Å². The van der Waals surface area contributed by atoms with E-state index < -0.39 is 11.2 Å². The van der Waals surface area contributed by atoms with Crippen LogP contribution in [0.25, 0.3) is 11.0 Å². The van der Waals surface area contributed by atoms with Crippen molar-refractivity contribution in [1.82, 2.24) is 0 Å². The zero-order chi connectivity index (χ0) is 11.7. The molecule has 0 spiro atoms. The highest BCUT2D eigenvalue weighted by Crippen LogP contribution is 2.26. The van der Waals surface area contributed by atoms with Gasteiger partial charge in [0.1, 0.15) is 17.6 Å². The fourth-order valence-corrected chi connectivity index (χ4v) is 1.54. The smallest absolute Gasteiger partial charge is 0.308 e. The Balaban J connectivity index is 2.49. The summed E-state index contributed by atoms with van der Waals surface area (Å²) in [5, 5.41) is 0.00916. The molecule has 1 heterocycles. The third-order valence-corrected chi connectivity index (χ3v) is 2.22. The van der Waals surface area contributed by atoms with Gasteiger partial charge in [-0.1, -0.05) is 0 Å². The molecule has 0 aliphatic rings. The third-order valence-electron chi connectivity index (χ3n) is 2.02. The molecule has 2 rings (SSSR count). The SMILES string of the molecule is CC(=O)Oc1ccc2c(C(=O)Cl)coc2c1. The van der Waals surface area contributed by atoms with Crippen LogP contribution in [0, 0.1) is 0 Å². The van der Waals surface area contributed by atoms with E-state index >= 15 is 0 Å². The van der Waals surface area contributed by atoms with Gasteiger partial charge in [0.25, 0.3) is 5.24 Å². The van der Waals surface area contributed by atoms with E-state index in [0.29, 0.717) is 22.3 Å². The molecule has 0 aliphatic carbocycles. The van der Waals surface area contributed by atoms with E-state index in [1.807, 2.05) is 0 Å². The Labute approximate surface area is 95.7 Å². The molecule has 0 aliphatic heterocycles. The molecule has 1 aromatic carbocycles. The summed E-state index contributed by atoms with van der Waals surface area (Å²) in [6.07, 6.45) is 1.28. The molecule has 0 atom stereocenters. The molecule has 0 saturated carbocycles. The molecule has 82 valence electrons. The first-order valence-corrected chi connectivity index (χ1v) is 4.85. The maximum Gasteiger partial charge on any atom is 0.308 e. The number of fused-ring (bicyclic) bond motifs is 1. The zero-order valence-corrected chi connectivity index (χ0v) is 9.08. The lowest BCUT2D eigenvalue weighted by Gasteiger charge is -1.99. The first-order chi connectivity index (χ1) is 7.58. The number of rotatable bonds is 2. The molecule has 0 bridgehead atoms. The fourth-order valence-electron chi connectivity index (χ4n) is 1.39. The highest BCUT2D eigenvalue weighted by atomic mass is 35.5. The number of furan rings is 1. The molecule has 0 N–H and O–H groups in total. The maximum atomic E-state index is 11.0. The molecule has 0 amide bonds. The van der Waals surface area contributed by atoms with Gasteiger partial charge in [-0.2, -0.15) is 0 Å². The number of carbonyl (C=O) groups is 2. The van der Waals surface area contributed by atoms with Crippen molar-refractivity contribution in [3.63, 3.8) is 0 Å². The van der Waals surface area contributed by atoms with Crippen LogP contribution >= 0.6 is 11.6 Å². The van der Waals surface area contributed by atoms with Crippen molar-refractivity contribution in [2.75, 3.05) is 0 Å². The number of hydrogen-bond acceptors (Lipinski definition) is 4. The topological polar surface area (TPSA) is 56.5 Å². The van der Waals surface area contributed by atoms with Gasteiger partial charge in [0.15, 0.2) is 0 Å². The summed E-state index contributed by atoms with van der Waals surface area (Å²) in [6.45, 7) is 1.31. The Morgan fingerprint density at radius 1 is 1.38 bits per heavy atom. The van der Waals surface area contributed by atoms with E-state index in [1.165, 1.54) is 19.3 Å². The minimum atomic E-state index is -0.584. The molecule has 1 aromatic heterocycles. The number of carbonyl (C=O) groups excluding carboxylic acids is 2. The predicted octanol–water partition coefficient (Wildman–Crippen LogP) is 2.74. The van der Waals surface area contributed by atoms with Crippen LogP contribution in [0.5, 0.6) is 5.75 Å². The summed E-state index contributed by atoms with van der Waals surface area (Å²) in [6, 6.07) is 4.72. The fraction of sp³-hybridized carbons (Fsp3) is 0.0909. The van der Waals surface area contributed by atoms with E-state index in [-0.39, 0.29) is 0 Å². The van der Waals surface area contributed by atoms with Gasteiger partial charge >= 0.3 is 5.97 Å². The van der Waals surface area contributed by atoms with Gasteiger partial charge in [0.2, 0.25) is 0 Å². The van der Waals surface area contributed by atoms with Crippen LogP contribution in [0.15, 0.2) is 28.9 Å². The molecule has 0 unspecified atom stereocenters. The lowest BCUT2D eigenvalue weighted by atomic mass is 10.2. The van der Waals surface area contributed by atoms with Crippen LogP contribution in [0.4, 0.5) is 0 Å². The Kier molecular flexibility index (Phi) is 2.66. The largest absolute Gasteiger partial charge is 0.463 e. The van der Waals surface area contributed by atoms with Crippen molar-refractivity contribution in [2.24, 2.45) is 0 Å². The van der Waals surface area contributed by atoms with Gasteiger partial charge in [-0.05, 0) is 23.7 Å². The lowest BCUT2D eigenvalue weighted by molar-refractivity contribution is -0.131. The van der Waals surface area contributed by atoms with E-state index in [4.69, 9.17) is 20.8 Å². The molecule has 16 heavy (non-hydrogen) atoms. The summed E-state index contributed by atoms with van der Waals surface area (Å²) < 4.78 is 10.0. The summed E-state index contributed by atoms with van der Waals surface area (Å²) in [5.41, 5.74) is 0.744. The van der Waals surface area contributed by atoms with E-state index in [2.05, 4.69) is 0 Å². The minimum absolute atomic E-state index is 0.297. The van der Waals surface area contributed by atoms with Crippen molar-refractivity contribution in [3.05, 3.63) is 30.0 Å². The lowest BCUT2D eigenvalue weighted by Crippen LogP contribution is -2.00. The molecule has 5 heteroatoms. The molecule has 0 fully saturated rings. The first-order valence-electron chi connectivity index (χ1n) is 4.47. The summed E-state index contributed by atoms with van der Waals surface area (Å²) in [7, 11) is 0. The minimum Gasteiger partial charge on any atom is -0.463 e. The van der Waals surface area contributed by atoms with Gasteiger partial charge in [-0.15, -0.1) is 0 Å². The molecular formula is C11H7ClO4. The summed E-state index contributed by atoms with van der Waals surface area (Å²) in [5.74, 6) is -0.0533. The average Bonchev–Trinajstić information content (AvgIpc) is 2.59. The van der Waals surface area contributed by atoms with Gasteiger partial charge in [0.05, 0.1) is 5.56 Å². The highest BCUT2D eigenvalue weighted by molar-refractivity contribution is 6.68. The number of halogens is 1. The first kappa shape index (κ1) is 10.7. The number of esters is 1. The Morgan fingerprint density at radius 2 is 2.12 bits per heavy atom. The molecule has 0 saturated heterocycles. The molecule has 0 radical (unpaired) electrons. The van der Waals surface area contributed by atoms with Gasteiger partial charge < -0.3 is 9.15 Å². The standard InChI is InChI=1S/C11H7ClO4/c1-6(13)16-7-2-3-8-9(11(12)14)5-15-10(8)4-7/h2-5H,1H3. The number of benzene rings is 1. The van der Waals surface area contributed by atoms with Crippen molar-refractivity contribution in [1.29, 1.82) is 0 Å². The quantitative estimate of drug-likeness (QED) is 0.459. The second-order valence-electron chi connectivity index (χ2n) is 3.17. The Bertz CT molecular complexity index is 570. The van der Waals surface area contributed by atoms with E-state index in [9.17, 15) is 9.59 Å². The van der Waals surface area contributed by atoms with E-state index in [1.54, 1.807) is 12.1 Å². The highest BCUT2D eigenvalue weighted by Gasteiger charge is 2.12. The normalized spacial score (nSPS) is 10.4. The van der Waals surface area contributed by atoms with Crippen molar-refractivity contribution in [2.45, 2.75) is 6.92 Å². The second kappa shape index (κ2) is 3.98. The summed E-state index contributed by atoms with van der Waals surface area (Å²) in [4.78, 5) is 21.7. The van der Waals surface area contributed by atoms with Crippen LogP contribution in [0.2, 0.25) is 0 Å². The number of hydrogen-bond donors (Lipinski definition) is 0. The maximum absolute atomic E-state index is 11.0. The average molecular weight is 239 g/mol. The van der Waals surface area contributed by atoms with Crippen molar-refractivity contribution < 1.29 is 18.7 Å². The van der Waals surface area contributed by atoms with Gasteiger partial charge in [0, 0.05) is 18.4 Å². The molecule has 2 aromatic rings.